The number of hydrogen-bond donors (Lipinski definition) is 1. The number of nitrogens with one attached hydrogen (secondary N) is 1. The van der Waals surface area contributed by atoms with E-state index in [-0.39, 0.29) is 17.8 Å². The maximum Gasteiger partial charge on any atom is 0.321 e. The number of rotatable bonds is 2. The summed E-state index contributed by atoms with van der Waals surface area (Å²) >= 11 is 3.36. The van der Waals surface area contributed by atoms with Crippen molar-refractivity contribution < 1.29 is 14.0 Å². The van der Waals surface area contributed by atoms with Crippen LogP contribution in [0.3, 0.4) is 0 Å². The van der Waals surface area contributed by atoms with Gasteiger partial charge in [0.2, 0.25) is 0 Å². The van der Waals surface area contributed by atoms with Crippen LogP contribution in [0.15, 0.2) is 53.0 Å². The maximum absolute atomic E-state index is 13.0. The van der Waals surface area contributed by atoms with E-state index in [1.54, 1.807) is 9.80 Å². The lowest BCUT2D eigenvalue weighted by Crippen LogP contribution is -2.39. The predicted octanol–water partition coefficient (Wildman–Crippen LogP) is 3.97. The number of nitrogens with zero attached hydrogens (tertiary/aromatic N) is 2. The van der Waals surface area contributed by atoms with E-state index in [0.717, 1.165) is 10.2 Å². The van der Waals surface area contributed by atoms with Gasteiger partial charge in [-0.3, -0.25) is 4.79 Å². The number of hydrogen-bond acceptors (Lipinski definition) is 2. The van der Waals surface area contributed by atoms with Gasteiger partial charge in [0.25, 0.3) is 5.91 Å². The Hall–Kier alpha value is -2.41. The zero-order valence-electron chi connectivity index (χ0n) is 14.1. The van der Waals surface area contributed by atoms with Crippen molar-refractivity contribution in [2.75, 3.05) is 31.5 Å². The number of anilines is 1. The molecule has 0 radical (unpaired) electrons. The first-order chi connectivity index (χ1) is 12.5. The van der Waals surface area contributed by atoms with Gasteiger partial charge in [0, 0.05) is 41.9 Å². The van der Waals surface area contributed by atoms with Crippen molar-refractivity contribution in [3.05, 3.63) is 64.4 Å². The van der Waals surface area contributed by atoms with E-state index < -0.39 is 0 Å². The van der Waals surface area contributed by atoms with Crippen molar-refractivity contribution in [3.8, 4) is 0 Å². The van der Waals surface area contributed by atoms with Crippen molar-refractivity contribution in [1.29, 1.82) is 0 Å². The molecule has 0 saturated carbocycles. The largest absolute Gasteiger partial charge is 0.337 e. The second kappa shape index (κ2) is 8.31. The first-order valence-electron chi connectivity index (χ1n) is 8.39. The van der Waals surface area contributed by atoms with E-state index in [1.807, 2.05) is 24.3 Å². The number of urea groups is 1. The lowest BCUT2D eigenvalue weighted by molar-refractivity contribution is 0.0762. The van der Waals surface area contributed by atoms with E-state index in [2.05, 4.69) is 21.2 Å². The monoisotopic (exact) mass is 419 g/mol. The molecule has 1 N–H and O–H groups in total. The van der Waals surface area contributed by atoms with Gasteiger partial charge in [0.05, 0.1) is 0 Å². The van der Waals surface area contributed by atoms with Crippen LogP contribution in [0.25, 0.3) is 0 Å². The Morgan fingerprint density at radius 2 is 1.50 bits per heavy atom. The Morgan fingerprint density at radius 1 is 0.885 bits per heavy atom. The summed E-state index contributed by atoms with van der Waals surface area (Å²) in [5.74, 6) is -0.506. The Labute approximate surface area is 159 Å². The van der Waals surface area contributed by atoms with Gasteiger partial charge in [0.1, 0.15) is 5.82 Å². The smallest absolute Gasteiger partial charge is 0.321 e. The highest BCUT2D eigenvalue weighted by Crippen LogP contribution is 2.15. The summed E-state index contributed by atoms with van der Waals surface area (Å²) in [6.45, 7) is 2.05. The topological polar surface area (TPSA) is 52.7 Å². The molecule has 1 saturated heterocycles. The Bertz CT molecular complexity index is 780. The normalized spacial score (nSPS) is 14.7. The molecule has 1 aliphatic rings. The van der Waals surface area contributed by atoms with E-state index >= 15 is 0 Å². The van der Waals surface area contributed by atoms with Gasteiger partial charge in [0.15, 0.2) is 0 Å². The van der Waals surface area contributed by atoms with Crippen LogP contribution in [0.1, 0.15) is 16.8 Å². The van der Waals surface area contributed by atoms with E-state index in [9.17, 15) is 14.0 Å². The Morgan fingerprint density at radius 3 is 2.19 bits per heavy atom. The minimum absolute atomic E-state index is 0.139. The SMILES string of the molecule is O=C(Nc1ccc(Br)cc1)N1CCCN(C(=O)c2ccc(F)cc2)CC1. The zero-order valence-corrected chi connectivity index (χ0v) is 15.7. The average Bonchev–Trinajstić information content (AvgIpc) is 2.90. The highest BCUT2D eigenvalue weighted by atomic mass is 79.9. The highest BCUT2D eigenvalue weighted by molar-refractivity contribution is 9.10. The molecule has 26 heavy (non-hydrogen) atoms. The second-order valence-corrected chi connectivity index (χ2v) is 6.99. The quantitative estimate of drug-likeness (QED) is 0.800. The molecule has 0 bridgehead atoms. The van der Waals surface area contributed by atoms with Gasteiger partial charge < -0.3 is 15.1 Å². The first-order valence-corrected chi connectivity index (χ1v) is 9.18. The van der Waals surface area contributed by atoms with Crippen LogP contribution in [-0.2, 0) is 0 Å². The van der Waals surface area contributed by atoms with Crippen LogP contribution >= 0.6 is 15.9 Å². The molecule has 0 aromatic heterocycles. The molecule has 2 aromatic rings. The van der Waals surface area contributed by atoms with Gasteiger partial charge in [-0.05, 0) is 55.0 Å². The van der Waals surface area contributed by atoms with Crippen LogP contribution in [0.2, 0.25) is 0 Å². The third-order valence-electron chi connectivity index (χ3n) is 4.26. The third-order valence-corrected chi connectivity index (χ3v) is 4.79. The fourth-order valence-electron chi connectivity index (χ4n) is 2.83. The Balaban J connectivity index is 1.58. The highest BCUT2D eigenvalue weighted by Gasteiger charge is 2.22. The van der Waals surface area contributed by atoms with Crippen LogP contribution in [0.5, 0.6) is 0 Å². The molecule has 5 nitrogen and oxygen atoms in total. The summed E-state index contributed by atoms with van der Waals surface area (Å²) in [6, 6.07) is 12.7. The van der Waals surface area contributed by atoms with Gasteiger partial charge in [-0.2, -0.15) is 0 Å². The summed E-state index contributed by atoms with van der Waals surface area (Å²) in [5.41, 5.74) is 1.18. The Kier molecular flexibility index (Phi) is 5.88. The van der Waals surface area contributed by atoms with E-state index in [1.165, 1.54) is 24.3 Å². The molecule has 3 rings (SSSR count). The molecule has 2 aromatic carbocycles. The number of carbonyl (C=O) groups is 2. The standard InChI is InChI=1S/C19H19BrFN3O2/c20-15-4-8-17(9-5-15)22-19(26)24-11-1-10-23(12-13-24)18(25)14-2-6-16(21)7-3-14/h2-9H,1,10-13H2,(H,22,26). The van der Waals surface area contributed by atoms with Crippen molar-refractivity contribution in [3.63, 3.8) is 0 Å². The minimum Gasteiger partial charge on any atom is -0.337 e. The van der Waals surface area contributed by atoms with Crippen LogP contribution in [-0.4, -0.2) is 47.9 Å². The maximum atomic E-state index is 13.0. The molecule has 136 valence electrons. The molecule has 7 heteroatoms. The van der Waals surface area contributed by atoms with Gasteiger partial charge in [-0.15, -0.1) is 0 Å². The predicted molar refractivity (Wildman–Crippen MR) is 102 cm³/mol. The summed E-state index contributed by atoms with van der Waals surface area (Å²) in [4.78, 5) is 28.4. The third kappa shape index (κ3) is 4.60. The summed E-state index contributed by atoms with van der Waals surface area (Å²) in [5, 5.41) is 2.87. The van der Waals surface area contributed by atoms with Crippen LogP contribution in [0, 0.1) is 5.82 Å². The summed E-state index contributed by atoms with van der Waals surface area (Å²) < 4.78 is 14.0. The second-order valence-electron chi connectivity index (χ2n) is 6.08. The van der Waals surface area contributed by atoms with Crippen molar-refractivity contribution in [2.24, 2.45) is 0 Å². The fraction of sp³-hybridized carbons (Fsp3) is 0.263. The minimum atomic E-state index is -0.367. The molecule has 0 aliphatic carbocycles. The molecule has 0 unspecified atom stereocenters. The molecule has 3 amide bonds. The molecule has 0 spiro atoms. The summed E-state index contributed by atoms with van der Waals surface area (Å²) in [6.07, 6.45) is 0.695. The van der Waals surface area contributed by atoms with Gasteiger partial charge in [-0.25, -0.2) is 9.18 Å². The molecule has 1 aliphatic heterocycles. The molecule has 1 heterocycles. The van der Waals surface area contributed by atoms with Crippen molar-refractivity contribution in [1.82, 2.24) is 9.80 Å². The van der Waals surface area contributed by atoms with Crippen LogP contribution < -0.4 is 5.32 Å². The number of benzene rings is 2. The number of amides is 3. The summed E-state index contributed by atoms with van der Waals surface area (Å²) in [7, 11) is 0. The van der Waals surface area contributed by atoms with Gasteiger partial charge in [-0.1, -0.05) is 15.9 Å². The fourth-order valence-corrected chi connectivity index (χ4v) is 3.10. The lowest BCUT2D eigenvalue weighted by Gasteiger charge is -2.22. The molecular weight excluding hydrogens is 401 g/mol. The van der Waals surface area contributed by atoms with Crippen molar-refractivity contribution in [2.45, 2.75) is 6.42 Å². The average molecular weight is 420 g/mol. The molecule has 0 atom stereocenters. The molecular formula is C19H19BrFN3O2. The van der Waals surface area contributed by atoms with Gasteiger partial charge >= 0.3 is 6.03 Å². The first kappa shape index (κ1) is 18.4. The number of carbonyl (C=O) groups excluding carboxylic acids is 2. The molecule has 1 fully saturated rings. The number of halogens is 2. The van der Waals surface area contributed by atoms with E-state index in [0.29, 0.717) is 38.2 Å². The van der Waals surface area contributed by atoms with E-state index in [4.69, 9.17) is 0 Å². The van der Waals surface area contributed by atoms with Crippen LogP contribution in [0.4, 0.5) is 14.9 Å². The zero-order chi connectivity index (χ0) is 18.5. The lowest BCUT2D eigenvalue weighted by atomic mass is 10.2. The van der Waals surface area contributed by atoms with Crippen molar-refractivity contribution >= 4 is 33.6 Å².